The highest BCUT2D eigenvalue weighted by molar-refractivity contribution is 7.89. The van der Waals surface area contributed by atoms with Crippen molar-refractivity contribution in [3.8, 4) is 5.75 Å². The van der Waals surface area contributed by atoms with E-state index in [-0.39, 0.29) is 10.3 Å². The molecule has 0 aliphatic rings. The number of ether oxygens (including phenoxy) is 1. The Hall–Kier alpha value is -2.63. The van der Waals surface area contributed by atoms with Crippen LogP contribution in [0.15, 0.2) is 83.8 Å². The molecule has 0 atom stereocenters. The van der Waals surface area contributed by atoms with Gasteiger partial charge in [0.2, 0.25) is 10.0 Å². The van der Waals surface area contributed by atoms with Gasteiger partial charge in [-0.1, -0.05) is 87.5 Å². The maximum atomic E-state index is 13.6. The van der Waals surface area contributed by atoms with Crippen LogP contribution in [0.1, 0.15) is 50.4 Å². The minimum absolute atomic E-state index is 0.161. The Bertz CT molecular complexity index is 1030. The molecule has 158 valence electrons. The molecule has 3 rings (SSSR count). The van der Waals surface area contributed by atoms with Gasteiger partial charge in [0.15, 0.2) is 0 Å². The summed E-state index contributed by atoms with van der Waals surface area (Å²) in [5, 5.41) is 0. The topological polar surface area (TPSA) is 55.4 Å². The largest absolute Gasteiger partial charge is 0.492 e. The quantitative estimate of drug-likeness (QED) is 0.550. The fraction of sp³-hybridized carbons (Fsp3) is 0.280. The molecule has 5 heteroatoms. The van der Waals surface area contributed by atoms with Crippen molar-refractivity contribution >= 4 is 10.0 Å². The summed E-state index contributed by atoms with van der Waals surface area (Å²) in [7, 11) is -3.87. The van der Waals surface area contributed by atoms with E-state index in [2.05, 4.69) is 25.5 Å². The standard InChI is InChI=1S/C25H29NO3S/c1-5-29-22-17-16-21(25(2,3)4)18-23(22)30(27,28)26-24(19-12-8-6-9-13-19)20-14-10-7-11-15-20/h6-18,24,26H,5H2,1-4H3. The van der Waals surface area contributed by atoms with Crippen molar-refractivity contribution in [1.82, 2.24) is 4.72 Å². The molecule has 0 bridgehead atoms. The van der Waals surface area contributed by atoms with Gasteiger partial charge in [-0.05, 0) is 41.2 Å². The monoisotopic (exact) mass is 423 g/mol. The first-order valence-electron chi connectivity index (χ1n) is 10.1. The predicted octanol–water partition coefficient (Wildman–Crippen LogP) is 5.45. The van der Waals surface area contributed by atoms with E-state index in [1.54, 1.807) is 12.1 Å². The van der Waals surface area contributed by atoms with Gasteiger partial charge in [0.25, 0.3) is 0 Å². The van der Waals surface area contributed by atoms with Crippen molar-refractivity contribution in [2.45, 2.75) is 44.0 Å². The van der Waals surface area contributed by atoms with Crippen LogP contribution >= 0.6 is 0 Å². The van der Waals surface area contributed by atoms with E-state index in [0.29, 0.717) is 12.4 Å². The number of hydrogen-bond acceptors (Lipinski definition) is 3. The molecule has 30 heavy (non-hydrogen) atoms. The van der Waals surface area contributed by atoms with Crippen LogP contribution in [0.4, 0.5) is 0 Å². The normalized spacial score (nSPS) is 12.2. The Morgan fingerprint density at radius 2 is 1.40 bits per heavy atom. The average molecular weight is 424 g/mol. The van der Waals surface area contributed by atoms with E-state index < -0.39 is 16.1 Å². The maximum Gasteiger partial charge on any atom is 0.245 e. The number of benzene rings is 3. The number of sulfonamides is 1. The first-order chi connectivity index (χ1) is 14.2. The van der Waals surface area contributed by atoms with Crippen LogP contribution in [0.2, 0.25) is 0 Å². The lowest BCUT2D eigenvalue weighted by atomic mass is 9.87. The summed E-state index contributed by atoms with van der Waals surface area (Å²) in [6.07, 6.45) is 0. The number of hydrogen-bond donors (Lipinski definition) is 1. The molecule has 1 N–H and O–H groups in total. The second-order valence-corrected chi connectivity index (χ2v) is 9.90. The molecule has 0 unspecified atom stereocenters. The summed E-state index contributed by atoms with van der Waals surface area (Å²) in [4.78, 5) is 0.161. The highest BCUT2D eigenvalue weighted by Gasteiger charge is 2.27. The Balaban J connectivity index is 2.09. The summed E-state index contributed by atoms with van der Waals surface area (Å²) in [5.41, 5.74) is 2.49. The molecule has 3 aromatic carbocycles. The van der Waals surface area contributed by atoms with Crippen LogP contribution in [0.25, 0.3) is 0 Å². The Kier molecular flexibility index (Phi) is 6.64. The van der Waals surface area contributed by atoms with Crippen molar-refractivity contribution in [3.05, 3.63) is 95.6 Å². The first kappa shape index (κ1) is 22.1. The lowest BCUT2D eigenvalue weighted by molar-refractivity contribution is 0.330. The van der Waals surface area contributed by atoms with E-state index in [4.69, 9.17) is 4.74 Å². The summed E-state index contributed by atoms with van der Waals surface area (Å²) < 4.78 is 35.7. The second kappa shape index (κ2) is 9.02. The van der Waals surface area contributed by atoms with Crippen LogP contribution in [0.3, 0.4) is 0 Å². The van der Waals surface area contributed by atoms with E-state index in [1.165, 1.54) is 0 Å². The molecular formula is C25H29NO3S. The summed E-state index contributed by atoms with van der Waals surface area (Å²) in [6, 6.07) is 24.1. The molecule has 0 saturated carbocycles. The lowest BCUT2D eigenvalue weighted by Crippen LogP contribution is -2.30. The van der Waals surface area contributed by atoms with Crippen molar-refractivity contribution in [1.29, 1.82) is 0 Å². The van der Waals surface area contributed by atoms with Gasteiger partial charge in [0, 0.05) is 0 Å². The fourth-order valence-electron chi connectivity index (χ4n) is 3.30. The third-order valence-corrected chi connectivity index (χ3v) is 6.38. The SMILES string of the molecule is CCOc1ccc(C(C)(C)C)cc1S(=O)(=O)NC(c1ccccc1)c1ccccc1. The van der Waals surface area contributed by atoms with Gasteiger partial charge < -0.3 is 4.74 Å². The van der Waals surface area contributed by atoms with Gasteiger partial charge in [-0.25, -0.2) is 8.42 Å². The van der Waals surface area contributed by atoms with Crippen molar-refractivity contribution in [3.63, 3.8) is 0 Å². The van der Waals surface area contributed by atoms with Gasteiger partial charge in [-0.15, -0.1) is 0 Å². The zero-order valence-electron chi connectivity index (χ0n) is 17.9. The van der Waals surface area contributed by atoms with Crippen LogP contribution in [-0.4, -0.2) is 15.0 Å². The highest BCUT2D eigenvalue weighted by atomic mass is 32.2. The zero-order chi connectivity index (χ0) is 21.8. The van der Waals surface area contributed by atoms with Gasteiger partial charge in [0.05, 0.1) is 12.6 Å². The van der Waals surface area contributed by atoms with Crippen LogP contribution in [0, 0.1) is 0 Å². The van der Waals surface area contributed by atoms with Gasteiger partial charge in [0.1, 0.15) is 10.6 Å². The number of nitrogens with one attached hydrogen (secondary N) is 1. The van der Waals surface area contributed by atoms with Crippen LogP contribution in [0.5, 0.6) is 5.75 Å². The number of rotatable bonds is 7. The maximum absolute atomic E-state index is 13.6. The first-order valence-corrected chi connectivity index (χ1v) is 11.6. The third kappa shape index (κ3) is 5.10. The summed E-state index contributed by atoms with van der Waals surface area (Å²) in [6.45, 7) is 8.41. The predicted molar refractivity (Wildman–Crippen MR) is 121 cm³/mol. The van der Waals surface area contributed by atoms with E-state index in [1.807, 2.05) is 73.7 Å². The fourth-order valence-corrected chi connectivity index (χ4v) is 4.68. The Morgan fingerprint density at radius 1 is 0.867 bits per heavy atom. The second-order valence-electron chi connectivity index (χ2n) is 8.22. The molecule has 3 aromatic rings. The molecule has 0 radical (unpaired) electrons. The molecule has 0 aliphatic heterocycles. The van der Waals surface area contributed by atoms with Crippen LogP contribution < -0.4 is 9.46 Å². The van der Waals surface area contributed by atoms with Crippen molar-refractivity contribution < 1.29 is 13.2 Å². The molecule has 0 fully saturated rings. The molecular weight excluding hydrogens is 394 g/mol. The molecule has 0 heterocycles. The van der Waals surface area contributed by atoms with Crippen molar-refractivity contribution in [2.24, 2.45) is 0 Å². The molecule has 0 aromatic heterocycles. The van der Waals surface area contributed by atoms with Crippen LogP contribution in [-0.2, 0) is 15.4 Å². The van der Waals surface area contributed by atoms with Crippen molar-refractivity contribution in [2.75, 3.05) is 6.61 Å². The zero-order valence-corrected chi connectivity index (χ0v) is 18.7. The highest BCUT2D eigenvalue weighted by Crippen LogP contribution is 2.33. The molecule has 0 saturated heterocycles. The minimum atomic E-state index is -3.87. The van der Waals surface area contributed by atoms with E-state index in [0.717, 1.165) is 16.7 Å². The third-order valence-electron chi connectivity index (χ3n) is 4.94. The van der Waals surface area contributed by atoms with E-state index in [9.17, 15) is 8.42 Å². The summed E-state index contributed by atoms with van der Waals surface area (Å²) in [5.74, 6) is 0.359. The molecule has 4 nitrogen and oxygen atoms in total. The Labute approximate surface area is 180 Å². The molecule has 0 amide bonds. The molecule has 0 aliphatic carbocycles. The lowest BCUT2D eigenvalue weighted by Gasteiger charge is -2.23. The summed E-state index contributed by atoms with van der Waals surface area (Å²) >= 11 is 0. The van der Waals surface area contributed by atoms with E-state index >= 15 is 0 Å². The Morgan fingerprint density at radius 3 is 1.87 bits per heavy atom. The van der Waals surface area contributed by atoms with Gasteiger partial charge in [-0.3, -0.25) is 0 Å². The smallest absolute Gasteiger partial charge is 0.245 e. The minimum Gasteiger partial charge on any atom is -0.492 e. The average Bonchev–Trinajstić information content (AvgIpc) is 2.73. The van der Waals surface area contributed by atoms with Gasteiger partial charge in [-0.2, -0.15) is 4.72 Å². The molecule has 0 spiro atoms. The van der Waals surface area contributed by atoms with Gasteiger partial charge >= 0.3 is 0 Å².